The van der Waals surface area contributed by atoms with Crippen LogP contribution in [0.3, 0.4) is 0 Å². The molecule has 0 saturated carbocycles. The number of halogens is 5. The van der Waals surface area contributed by atoms with Gasteiger partial charge in [-0.05, 0) is 23.7 Å². The van der Waals surface area contributed by atoms with Gasteiger partial charge in [-0.1, -0.05) is 0 Å². The van der Waals surface area contributed by atoms with Crippen LogP contribution in [0.1, 0.15) is 21.5 Å². The molecule has 0 aliphatic heterocycles. The summed E-state index contributed by atoms with van der Waals surface area (Å²) in [5.41, 5.74) is -3.32. The molecule has 1 aromatic carbocycles. The number of hydrogen-bond acceptors (Lipinski definition) is 2. The number of hydrogen-bond donors (Lipinski definition) is 0. The summed E-state index contributed by atoms with van der Waals surface area (Å²) in [5.74, 6) is -1.26. The fourth-order valence-electron chi connectivity index (χ4n) is 1.13. The normalized spacial score (nSPS) is 11.0. The average Bonchev–Trinajstić information content (AvgIpc) is 2.14. The molecule has 0 saturated heterocycles. The number of nitriles is 1. The first kappa shape index (κ1) is 12.5. The first-order valence-electron chi connectivity index (χ1n) is 3.78. The lowest BCUT2D eigenvalue weighted by atomic mass is 10.0. The summed E-state index contributed by atoms with van der Waals surface area (Å²) in [6.07, 6.45) is -4.95. The van der Waals surface area contributed by atoms with Crippen molar-refractivity contribution in [3.05, 3.63) is 34.6 Å². The summed E-state index contributed by atoms with van der Waals surface area (Å²) >= 11 is 4.94. The lowest BCUT2D eigenvalue weighted by Crippen LogP contribution is -2.13. The van der Waals surface area contributed by atoms with Gasteiger partial charge in [0.05, 0.1) is 16.7 Å². The van der Waals surface area contributed by atoms with Crippen molar-refractivity contribution in [2.45, 2.75) is 6.18 Å². The molecule has 0 spiro atoms. The zero-order valence-corrected chi connectivity index (χ0v) is 8.16. The van der Waals surface area contributed by atoms with E-state index in [4.69, 9.17) is 16.9 Å². The molecule has 0 unspecified atom stereocenters. The first-order valence-corrected chi connectivity index (χ1v) is 4.16. The largest absolute Gasteiger partial charge is 0.417 e. The maximum atomic E-state index is 12.8. The van der Waals surface area contributed by atoms with Crippen molar-refractivity contribution in [2.24, 2.45) is 0 Å². The van der Waals surface area contributed by atoms with Gasteiger partial charge in [0, 0.05) is 0 Å². The molecule has 0 heterocycles. The second kappa shape index (κ2) is 4.10. The van der Waals surface area contributed by atoms with Crippen molar-refractivity contribution in [2.75, 3.05) is 0 Å². The zero-order valence-electron chi connectivity index (χ0n) is 7.40. The highest BCUT2D eigenvalue weighted by Gasteiger charge is 2.37. The van der Waals surface area contributed by atoms with Gasteiger partial charge in [0.1, 0.15) is 11.9 Å². The molecule has 0 aromatic heterocycles. The SMILES string of the molecule is N#Cc1cc(F)cc(C(F)(F)F)c1C(=O)Cl. The molecule has 0 atom stereocenters. The van der Waals surface area contributed by atoms with Gasteiger partial charge in [-0.2, -0.15) is 18.4 Å². The minimum atomic E-state index is -4.95. The molecule has 0 fully saturated rings. The Kier molecular flexibility index (Phi) is 3.19. The molecule has 84 valence electrons. The molecule has 0 aliphatic carbocycles. The van der Waals surface area contributed by atoms with Gasteiger partial charge in [-0.15, -0.1) is 0 Å². The van der Waals surface area contributed by atoms with Crippen LogP contribution in [0.4, 0.5) is 17.6 Å². The van der Waals surface area contributed by atoms with Gasteiger partial charge in [-0.25, -0.2) is 4.39 Å². The fraction of sp³-hybridized carbons (Fsp3) is 0.111. The van der Waals surface area contributed by atoms with E-state index < -0.39 is 33.9 Å². The second-order valence-corrected chi connectivity index (χ2v) is 3.10. The summed E-state index contributed by atoms with van der Waals surface area (Å²) in [5, 5.41) is 7.03. The number of rotatable bonds is 1. The van der Waals surface area contributed by atoms with Gasteiger partial charge in [0.2, 0.25) is 0 Å². The van der Waals surface area contributed by atoms with Crippen LogP contribution in [0.2, 0.25) is 0 Å². The van der Waals surface area contributed by atoms with Crippen LogP contribution >= 0.6 is 11.6 Å². The number of alkyl halides is 3. The van der Waals surface area contributed by atoms with Gasteiger partial charge >= 0.3 is 6.18 Å². The van der Waals surface area contributed by atoms with E-state index in [1.54, 1.807) is 0 Å². The first-order chi connectivity index (χ1) is 7.27. The summed E-state index contributed by atoms with van der Waals surface area (Å²) in [6, 6.07) is 1.93. The maximum Gasteiger partial charge on any atom is 0.417 e. The van der Waals surface area contributed by atoms with E-state index in [-0.39, 0.29) is 6.07 Å². The Morgan fingerprint density at radius 3 is 2.31 bits per heavy atom. The van der Waals surface area contributed by atoms with Crippen LogP contribution in [0, 0.1) is 17.1 Å². The Hall–Kier alpha value is -1.61. The Labute approximate surface area is 92.0 Å². The number of carbonyl (C=O) groups is 1. The topological polar surface area (TPSA) is 40.9 Å². The zero-order chi connectivity index (χ0) is 12.5. The standard InChI is InChI=1S/C9H2ClF4NO/c10-8(16)7-4(3-15)1-5(11)2-6(7)9(12,13)14/h1-2H. The van der Waals surface area contributed by atoms with E-state index in [2.05, 4.69) is 0 Å². The molecule has 16 heavy (non-hydrogen) atoms. The molecule has 0 radical (unpaired) electrons. The monoisotopic (exact) mass is 251 g/mol. The van der Waals surface area contributed by atoms with Gasteiger partial charge < -0.3 is 0 Å². The second-order valence-electron chi connectivity index (χ2n) is 2.76. The number of carbonyl (C=O) groups excluding carboxylic acids is 1. The summed E-state index contributed by atoms with van der Waals surface area (Å²) in [4.78, 5) is 10.8. The van der Waals surface area contributed by atoms with Crippen LogP contribution in [0.5, 0.6) is 0 Å². The van der Waals surface area contributed by atoms with E-state index in [0.29, 0.717) is 6.07 Å². The Morgan fingerprint density at radius 1 is 1.38 bits per heavy atom. The third-order valence-electron chi connectivity index (χ3n) is 1.73. The summed E-state index contributed by atoms with van der Waals surface area (Å²) in [7, 11) is 0. The van der Waals surface area contributed by atoms with Crippen molar-refractivity contribution in [1.29, 1.82) is 5.26 Å². The van der Waals surface area contributed by atoms with Gasteiger partial charge in [0.15, 0.2) is 0 Å². The van der Waals surface area contributed by atoms with Gasteiger partial charge in [0.25, 0.3) is 5.24 Å². The van der Waals surface area contributed by atoms with E-state index in [0.717, 1.165) is 0 Å². The quantitative estimate of drug-likeness (QED) is 0.568. The van der Waals surface area contributed by atoms with E-state index >= 15 is 0 Å². The molecule has 1 aromatic rings. The van der Waals surface area contributed by atoms with Crippen LogP contribution in [0.25, 0.3) is 0 Å². The average molecular weight is 252 g/mol. The Bertz CT molecular complexity index is 490. The molecule has 0 bridgehead atoms. The molecular weight excluding hydrogens is 250 g/mol. The molecule has 0 amide bonds. The molecule has 7 heteroatoms. The van der Waals surface area contributed by atoms with Crippen LogP contribution in [0.15, 0.2) is 12.1 Å². The smallest absolute Gasteiger partial charge is 0.276 e. The summed E-state index contributed by atoms with van der Waals surface area (Å²) < 4.78 is 50.0. The lowest BCUT2D eigenvalue weighted by molar-refractivity contribution is -0.138. The number of benzene rings is 1. The van der Waals surface area contributed by atoms with Crippen molar-refractivity contribution in [1.82, 2.24) is 0 Å². The highest BCUT2D eigenvalue weighted by molar-refractivity contribution is 6.68. The predicted molar refractivity (Wildman–Crippen MR) is 46.3 cm³/mol. The van der Waals surface area contributed by atoms with Crippen LogP contribution in [-0.2, 0) is 6.18 Å². The third-order valence-corrected chi connectivity index (χ3v) is 1.91. The highest BCUT2D eigenvalue weighted by Crippen LogP contribution is 2.34. The van der Waals surface area contributed by atoms with Crippen molar-refractivity contribution in [3.8, 4) is 6.07 Å². The van der Waals surface area contributed by atoms with Crippen LogP contribution in [-0.4, -0.2) is 5.24 Å². The third kappa shape index (κ3) is 2.31. The minimum Gasteiger partial charge on any atom is -0.276 e. The van der Waals surface area contributed by atoms with Crippen molar-refractivity contribution in [3.63, 3.8) is 0 Å². The Balaban J connectivity index is 3.66. The lowest BCUT2D eigenvalue weighted by Gasteiger charge is -2.11. The van der Waals surface area contributed by atoms with E-state index in [1.165, 1.54) is 6.07 Å². The molecule has 0 N–H and O–H groups in total. The van der Waals surface area contributed by atoms with Gasteiger partial charge in [-0.3, -0.25) is 4.79 Å². The number of nitrogens with zero attached hydrogens (tertiary/aromatic N) is 1. The highest BCUT2D eigenvalue weighted by atomic mass is 35.5. The molecular formula is C9H2ClF4NO. The Morgan fingerprint density at radius 2 is 1.94 bits per heavy atom. The fourth-order valence-corrected chi connectivity index (χ4v) is 1.33. The van der Waals surface area contributed by atoms with Crippen LogP contribution < -0.4 is 0 Å². The maximum absolute atomic E-state index is 12.8. The molecule has 0 aliphatic rings. The molecule has 2 nitrogen and oxygen atoms in total. The van der Waals surface area contributed by atoms with Crippen molar-refractivity contribution < 1.29 is 22.4 Å². The summed E-state index contributed by atoms with van der Waals surface area (Å²) in [6.45, 7) is 0. The predicted octanol–water partition coefficient (Wildman–Crippen LogP) is 3.10. The molecule has 1 rings (SSSR count). The minimum absolute atomic E-state index is 0.121. The van der Waals surface area contributed by atoms with E-state index in [1.807, 2.05) is 0 Å². The van der Waals surface area contributed by atoms with E-state index in [9.17, 15) is 22.4 Å². The van der Waals surface area contributed by atoms with Crippen molar-refractivity contribution >= 4 is 16.8 Å².